The summed E-state index contributed by atoms with van der Waals surface area (Å²) < 4.78 is 0. The Kier molecular flexibility index (Phi) is 4.21. The van der Waals surface area contributed by atoms with E-state index < -0.39 is 0 Å². The van der Waals surface area contributed by atoms with Gasteiger partial charge in [-0.1, -0.05) is 48.9 Å². The van der Waals surface area contributed by atoms with Crippen molar-refractivity contribution in [2.45, 2.75) is 25.3 Å². The van der Waals surface area contributed by atoms with Gasteiger partial charge in [-0.2, -0.15) is 0 Å². The van der Waals surface area contributed by atoms with Crippen LogP contribution in [0.1, 0.15) is 25.3 Å². The van der Waals surface area contributed by atoms with Crippen LogP contribution in [0.25, 0.3) is 0 Å². The first-order valence-corrected chi connectivity index (χ1v) is 8.16. The van der Waals surface area contributed by atoms with E-state index in [0.717, 1.165) is 5.02 Å². The summed E-state index contributed by atoms with van der Waals surface area (Å²) in [6, 6.07) is 8.03. The zero-order chi connectivity index (χ0) is 16.6. The number of benzene rings is 1. The molecule has 3 unspecified atom stereocenters. The largest absolute Gasteiger partial charge is 0.343 e. The van der Waals surface area contributed by atoms with Crippen molar-refractivity contribution in [1.82, 2.24) is 10.4 Å². The van der Waals surface area contributed by atoms with Crippen molar-refractivity contribution in [3.63, 3.8) is 0 Å². The number of hydroxylamine groups is 2. The van der Waals surface area contributed by atoms with E-state index in [1.165, 1.54) is 16.2 Å². The summed E-state index contributed by atoms with van der Waals surface area (Å²) in [7, 11) is 1.74. The molecule has 0 radical (unpaired) electrons. The Bertz CT molecular complexity index is 685. The molecule has 0 amide bonds. The second kappa shape index (κ2) is 6.02. The molecule has 1 heterocycles. The van der Waals surface area contributed by atoms with Crippen LogP contribution in [0.2, 0.25) is 5.02 Å². The van der Waals surface area contributed by atoms with Gasteiger partial charge in [0.1, 0.15) is 6.61 Å². The average molecular weight is 332 g/mol. The molecular formula is C18H22ClN3O. The van der Waals surface area contributed by atoms with Crippen LogP contribution in [-0.2, 0) is 4.84 Å². The molecule has 1 saturated heterocycles. The number of nitrogens with one attached hydrogen (secondary N) is 2. The zero-order valence-electron chi connectivity index (χ0n) is 13.6. The van der Waals surface area contributed by atoms with Crippen molar-refractivity contribution < 1.29 is 4.84 Å². The summed E-state index contributed by atoms with van der Waals surface area (Å²) >= 11 is 6.15. The third-order valence-corrected chi connectivity index (χ3v) is 4.99. The molecule has 1 aromatic carbocycles. The smallest absolute Gasteiger partial charge is 0.216 e. The molecule has 3 atom stereocenters. The van der Waals surface area contributed by atoms with Gasteiger partial charge in [0.05, 0.1) is 5.54 Å². The van der Waals surface area contributed by atoms with Crippen LogP contribution < -0.4 is 5.32 Å². The number of hydrogen-bond donors (Lipinski definition) is 2. The quantitative estimate of drug-likeness (QED) is 0.868. The van der Waals surface area contributed by atoms with Crippen LogP contribution in [-0.4, -0.2) is 30.2 Å². The minimum Gasteiger partial charge on any atom is -0.343 e. The molecule has 2 N–H and O–H groups in total. The fraction of sp³-hybridized carbons (Fsp3) is 0.389. The molecule has 1 aliphatic carbocycles. The van der Waals surface area contributed by atoms with E-state index in [1.54, 1.807) is 7.05 Å². The minimum atomic E-state index is -0.384. The van der Waals surface area contributed by atoms with E-state index in [9.17, 15) is 0 Å². The topological polar surface area (TPSA) is 48.4 Å². The number of halogens is 1. The highest BCUT2D eigenvalue weighted by Gasteiger charge is 2.40. The highest BCUT2D eigenvalue weighted by atomic mass is 35.5. The van der Waals surface area contributed by atoms with Gasteiger partial charge in [-0.15, -0.1) is 0 Å². The van der Waals surface area contributed by atoms with Crippen LogP contribution in [0.15, 0.2) is 48.1 Å². The van der Waals surface area contributed by atoms with Gasteiger partial charge in [0.15, 0.2) is 0 Å². The van der Waals surface area contributed by atoms with Crippen molar-refractivity contribution in [3.05, 3.63) is 58.7 Å². The molecule has 3 rings (SSSR count). The van der Waals surface area contributed by atoms with Crippen LogP contribution in [0, 0.1) is 11.3 Å². The van der Waals surface area contributed by atoms with Crippen molar-refractivity contribution >= 4 is 17.6 Å². The lowest BCUT2D eigenvalue weighted by atomic mass is 9.72. The van der Waals surface area contributed by atoms with Crippen LogP contribution >= 0.6 is 11.6 Å². The van der Waals surface area contributed by atoms with Gasteiger partial charge in [0.25, 0.3) is 0 Å². The Morgan fingerprint density at radius 2 is 2.22 bits per heavy atom. The second-order valence-electron chi connectivity index (χ2n) is 6.45. The fourth-order valence-electron chi connectivity index (χ4n) is 3.41. The maximum atomic E-state index is 8.00. The first-order valence-electron chi connectivity index (χ1n) is 7.78. The van der Waals surface area contributed by atoms with E-state index in [1.807, 2.05) is 18.2 Å². The van der Waals surface area contributed by atoms with E-state index in [2.05, 4.69) is 43.5 Å². The maximum Gasteiger partial charge on any atom is 0.216 e. The molecule has 122 valence electrons. The third-order valence-electron chi connectivity index (χ3n) is 4.75. The van der Waals surface area contributed by atoms with Gasteiger partial charge in [0.2, 0.25) is 5.96 Å². The maximum absolute atomic E-state index is 8.00. The SMILES string of the molecule is CC1C(C2(C)CON(C)C(=N)N2)=CC=CC1c1cccc(Cl)c1. The summed E-state index contributed by atoms with van der Waals surface area (Å²) in [6.45, 7) is 4.80. The predicted octanol–water partition coefficient (Wildman–Crippen LogP) is 3.72. The van der Waals surface area contributed by atoms with Gasteiger partial charge in [0, 0.05) is 18.0 Å². The Labute approximate surface area is 142 Å². The number of allylic oxidation sites excluding steroid dienone is 3. The lowest BCUT2D eigenvalue weighted by Crippen LogP contribution is -2.61. The van der Waals surface area contributed by atoms with Crippen LogP contribution in [0.3, 0.4) is 0 Å². The fourth-order valence-corrected chi connectivity index (χ4v) is 3.61. The second-order valence-corrected chi connectivity index (χ2v) is 6.89. The number of rotatable bonds is 2. The van der Waals surface area contributed by atoms with Crippen LogP contribution in [0.4, 0.5) is 0 Å². The molecule has 0 saturated carbocycles. The number of nitrogens with zero attached hydrogens (tertiary/aromatic N) is 1. The lowest BCUT2D eigenvalue weighted by Gasteiger charge is -2.44. The van der Waals surface area contributed by atoms with E-state index in [-0.39, 0.29) is 23.3 Å². The Balaban J connectivity index is 1.88. The number of guanidine groups is 1. The summed E-state index contributed by atoms with van der Waals surface area (Å²) in [6.07, 6.45) is 6.45. The van der Waals surface area contributed by atoms with Gasteiger partial charge in [-0.25, -0.2) is 5.06 Å². The highest BCUT2D eigenvalue weighted by Crippen LogP contribution is 2.40. The van der Waals surface area contributed by atoms with Crippen molar-refractivity contribution in [1.29, 1.82) is 5.41 Å². The van der Waals surface area contributed by atoms with E-state index in [4.69, 9.17) is 21.8 Å². The summed E-state index contributed by atoms with van der Waals surface area (Å²) in [4.78, 5) is 5.63. The molecule has 1 fully saturated rings. The normalized spacial score (nSPS) is 30.9. The zero-order valence-corrected chi connectivity index (χ0v) is 14.4. The Morgan fingerprint density at radius 1 is 1.43 bits per heavy atom. The standard InChI is InChI=1S/C18H22ClN3O/c1-12-15(13-6-4-7-14(19)10-13)8-5-9-16(12)18(2)11-23-22(3)17(20)21-18/h4-10,12,15H,11H2,1-3H3,(H2,20,21). The minimum absolute atomic E-state index is 0.265. The van der Waals surface area contributed by atoms with Gasteiger partial charge < -0.3 is 5.32 Å². The van der Waals surface area contributed by atoms with Crippen molar-refractivity contribution in [3.8, 4) is 0 Å². The Morgan fingerprint density at radius 3 is 2.91 bits per heavy atom. The monoisotopic (exact) mass is 331 g/mol. The van der Waals surface area contributed by atoms with Gasteiger partial charge in [-0.05, 0) is 36.1 Å². The van der Waals surface area contributed by atoms with Gasteiger partial charge in [-0.3, -0.25) is 10.2 Å². The summed E-state index contributed by atoms with van der Waals surface area (Å²) in [5.74, 6) is 0.831. The molecule has 0 bridgehead atoms. The highest BCUT2D eigenvalue weighted by molar-refractivity contribution is 6.30. The van der Waals surface area contributed by atoms with Crippen molar-refractivity contribution in [2.24, 2.45) is 5.92 Å². The third kappa shape index (κ3) is 3.01. The molecule has 2 aliphatic rings. The first-order chi connectivity index (χ1) is 10.9. The predicted molar refractivity (Wildman–Crippen MR) is 93.6 cm³/mol. The number of hydrogen-bond acceptors (Lipinski definition) is 2. The summed E-state index contributed by atoms with van der Waals surface area (Å²) in [5.41, 5.74) is 2.06. The Hall–Kier alpha value is -1.78. The average Bonchev–Trinajstić information content (AvgIpc) is 2.51. The molecular weight excluding hydrogens is 310 g/mol. The van der Waals surface area contributed by atoms with E-state index >= 15 is 0 Å². The molecule has 0 aromatic heterocycles. The van der Waals surface area contributed by atoms with Crippen LogP contribution in [0.5, 0.6) is 0 Å². The summed E-state index contributed by atoms with van der Waals surface area (Å²) in [5, 5.41) is 13.5. The molecule has 0 spiro atoms. The first kappa shape index (κ1) is 16.1. The van der Waals surface area contributed by atoms with Gasteiger partial charge >= 0.3 is 0 Å². The lowest BCUT2D eigenvalue weighted by molar-refractivity contribution is -0.120. The molecule has 5 heteroatoms. The molecule has 23 heavy (non-hydrogen) atoms. The molecule has 1 aliphatic heterocycles. The molecule has 1 aromatic rings. The van der Waals surface area contributed by atoms with Crippen molar-refractivity contribution in [2.75, 3.05) is 13.7 Å². The molecule has 4 nitrogen and oxygen atoms in total. The van der Waals surface area contributed by atoms with E-state index in [0.29, 0.717) is 6.61 Å².